The van der Waals surface area contributed by atoms with Crippen LogP contribution in [0.3, 0.4) is 0 Å². The Morgan fingerprint density at radius 3 is 2.74 bits per heavy atom. The Hall–Kier alpha value is -2.32. The maximum absolute atomic E-state index is 12.9. The van der Waals surface area contributed by atoms with Gasteiger partial charge in [-0.1, -0.05) is 29.4 Å². The van der Waals surface area contributed by atoms with E-state index < -0.39 is 0 Å². The fourth-order valence-corrected chi connectivity index (χ4v) is 3.85. The molecule has 0 bridgehead atoms. The van der Waals surface area contributed by atoms with E-state index in [-0.39, 0.29) is 17.2 Å². The molecular weight excluding hydrogens is 386 g/mol. The summed E-state index contributed by atoms with van der Waals surface area (Å²) < 4.78 is 3.25. The molecule has 9 heteroatoms. The molecule has 3 aromatic rings. The number of halogens is 1. The second kappa shape index (κ2) is 8.14. The van der Waals surface area contributed by atoms with Crippen molar-refractivity contribution in [2.24, 2.45) is 0 Å². The summed E-state index contributed by atoms with van der Waals surface area (Å²) >= 11 is 7.16. The van der Waals surface area contributed by atoms with Gasteiger partial charge < -0.3 is 5.32 Å². The highest BCUT2D eigenvalue weighted by molar-refractivity contribution is 7.99. The van der Waals surface area contributed by atoms with Crippen molar-refractivity contribution in [2.45, 2.75) is 39.0 Å². The number of aromatic nitrogens is 4. The van der Waals surface area contributed by atoms with E-state index in [1.165, 1.54) is 11.8 Å². The Balaban J connectivity index is 1.85. The minimum atomic E-state index is -0.194. The van der Waals surface area contributed by atoms with Crippen LogP contribution in [0.2, 0.25) is 5.02 Å². The van der Waals surface area contributed by atoms with Crippen LogP contribution in [0.1, 0.15) is 19.5 Å². The van der Waals surface area contributed by atoms with Gasteiger partial charge in [-0.3, -0.25) is 18.8 Å². The summed E-state index contributed by atoms with van der Waals surface area (Å²) in [6.07, 6.45) is 0. The third-order valence-corrected chi connectivity index (χ3v) is 5.25. The molecule has 7 nitrogen and oxygen atoms in total. The molecule has 0 saturated heterocycles. The molecule has 2 heterocycles. The molecule has 0 unspecified atom stereocenters. The predicted octanol–water partition coefficient (Wildman–Crippen LogP) is 3.33. The van der Waals surface area contributed by atoms with Crippen LogP contribution in [0.25, 0.3) is 11.0 Å². The lowest BCUT2D eigenvalue weighted by molar-refractivity contribution is -0.113. The van der Waals surface area contributed by atoms with E-state index in [1.54, 1.807) is 33.5 Å². The van der Waals surface area contributed by atoms with E-state index in [0.29, 0.717) is 45.7 Å². The van der Waals surface area contributed by atoms with Gasteiger partial charge in [0, 0.05) is 23.8 Å². The monoisotopic (exact) mass is 405 g/mol. The molecule has 0 aliphatic rings. The third-order valence-electron chi connectivity index (χ3n) is 4.04. The SMILES string of the molecule is CCn1c(SCC(=O)Nc2cccc(Cl)c2)nc2c(C)nn(CC)c2c1=O. The molecule has 3 rings (SSSR count). The Kier molecular flexibility index (Phi) is 5.86. The molecule has 0 aliphatic heterocycles. The van der Waals surface area contributed by atoms with Crippen LogP contribution in [0, 0.1) is 6.92 Å². The zero-order valence-corrected chi connectivity index (χ0v) is 16.9. The minimum Gasteiger partial charge on any atom is -0.325 e. The molecule has 0 radical (unpaired) electrons. The van der Waals surface area contributed by atoms with E-state index in [0.717, 1.165) is 0 Å². The lowest BCUT2D eigenvalue weighted by Crippen LogP contribution is -2.25. The first-order valence-electron chi connectivity index (χ1n) is 8.60. The largest absolute Gasteiger partial charge is 0.325 e. The highest BCUT2D eigenvalue weighted by Gasteiger charge is 2.18. The van der Waals surface area contributed by atoms with E-state index in [1.807, 2.05) is 20.8 Å². The summed E-state index contributed by atoms with van der Waals surface area (Å²) in [7, 11) is 0. The van der Waals surface area contributed by atoms with Crippen LogP contribution in [0.4, 0.5) is 5.69 Å². The van der Waals surface area contributed by atoms with Crippen molar-refractivity contribution in [1.82, 2.24) is 19.3 Å². The van der Waals surface area contributed by atoms with E-state index in [4.69, 9.17) is 11.6 Å². The number of amides is 1. The van der Waals surface area contributed by atoms with Gasteiger partial charge >= 0.3 is 0 Å². The van der Waals surface area contributed by atoms with E-state index >= 15 is 0 Å². The van der Waals surface area contributed by atoms with Crippen LogP contribution in [-0.2, 0) is 17.9 Å². The lowest BCUT2D eigenvalue weighted by Gasteiger charge is -2.11. The standard InChI is InChI=1S/C18H20ClN5O2S/c1-4-23-17(26)16-15(11(3)22-24(16)5-2)21-18(23)27-10-14(25)20-13-8-6-7-12(19)9-13/h6-9H,4-5,10H2,1-3H3,(H,20,25). The third kappa shape index (κ3) is 4.01. The molecule has 1 aromatic carbocycles. The highest BCUT2D eigenvalue weighted by atomic mass is 35.5. The molecule has 142 valence electrons. The number of carbonyl (C=O) groups excluding carboxylic acids is 1. The Morgan fingerprint density at radius 1 is 1.30 bits per heavy atom. The minimum absolute atomic E-state index is 0.130. The maximum atomic E-state index is 12.9. The van der Waals surface area contributed by atoms with Crippen LogP contribution in [-0.4, -0.2) is 31.0 Å². The summed E-state index contributed by atoms with van der Waals surface area (Å²) in [5, 5.41) is 8.24. The van der Waals surface area contributed by atoms with Crippen molar-refractivity contribution in [3.8, 4) is 0 Å². The van der Waals surface area contributed by atoms with Gasteiger partial charge in [-0.25, -0.2) is 4.98 Å². The Morgan fingerprint density at radius 2 is 2.07 bits per heavy atom. The van der Waals surface area contributed by atoms with Crippen molar-refractivity contribution in [3.63, 3.8) is 0 Å². The van der Waals surface area contributed by atoms with Crippen LogP contribution >= 0.6 is 23.4 Å². The first-order chi connectivity index (χ1) is 12.9. The normalized spacial score (nSPS) is 11.1. The molecule has 1 amide bonds. The van der Waals surface area contributed by atoms with Crippen molar-refractivity contribution in [1.29, 1.82) is 0 Å². The summed E-state index contributed by atoms with van der Waals surface area (Å²) in [5.74, 6) is -0.0638. The highest BCUT2D eigenvalue weighted by Crippen LogP contribution is 2.21. The fourth-order valence-electron chi connectivity index (χ4n) is 2.80. The fraction of sp³-hybridized carbons (Fsp3) is 0.333. The van der Waals surface area contributed by atoms with Gasteiger partial charge in [0.15, 0.2) is 10.7 Å². The smallest absolute Gasteiger partial charge is 0.280 e. The molecule has 2 aromatic heterocycles. The summed E-state index contributed by atoms with van der Waals surface area (Å²) in [6.45, 7) is 6.71. The van der Waals surface area contributed by atoms with Gasteiger partial charge in [-0.15, -0.1) is 0 Å². The van der Waals surface area contributed by atoms with E-state index in [9.17, 15) is 9.59 Å². The summed E-state index contributed by atoms with van der Waals surface area (Å²) in [5.41, 5.74) is 2.29. The second-order valence-corrected chi connectivity index (χ2v) is 7.27. The number of rotatable bonds is 6. The zero-order chi connectivity index (χ0) is 19.6. The number of thioether (sulfide) groups is 1. The second-order valence-electron chi connectivity index (χ2n) is 5.89. The average Bonchev–Trinajstić information content (AvgIpc) is 2.96. The summed E-state index contributed by atoms with van der Waals surface area (Å²) in [6, 6.07) is 6.95. The number of aryl methyl sites for hydroxylation is 2. The van der Waals surface area contributed by atoms with Crippen LogP contribution < -0.4 is 10.9 Å². The molecule has 1 N–H and O–H groups in total. The van der Waals surface area contributed by atoms with Gasteiger partial charge in [0.1, 0.15) is 5.52 Å². The van der Waals surface area contributed by atoms with Gasteiger partial charge in [0.2, 0.25) is 5.91 Å². The molecule has 0 spiro atoms. The first-order valence-corrected chi connectivity index (χ1v) is 9.97. The molecule has 0 fully saturated rings. The van der Waals surface area contributed by atoms with Gasteiger partial charge in [0.25, 0.3) is 5.56 Å². The molecule has 0 atom stereocenters. The van der Waals surface area contributed by atoms with Crippen molar-refractivity contribution in [3.05, 3.63) is 45.3 Å². The number of hydrogen-bond donors (Lipinski definition) is 1. The average molecular weight is 406 g/mol. The van der Waals surface area contributed by atoms with Gasteiger partial charge in [-0.2, -0.15) is 5.10 Å². The quantitative estimate of drug-likeness (QED) is 0.502. The number of carbonyl (C=O) groups is 1. The molecule has 27 heavy (non-hydrogen) atoms. The first kappa shape index (κ1) is 19.4. The number of fused-ring (bicyclic) bond motifs is 1. The molecule has 0 saturated carbocycles. The predicted molar refractivity (Wildman–Crippen MR) is 109 cm³/mol. The number of hydrogen-bond acceptors (Lipinski definition) is 5. The maximum Gasteiger partial charge on any atom is 0.280 e. The zero-order valence-electron chi connectivity index (χ0n) is 15.3. The van der Waals surface area contributed by atoms with Crippen molar-refractivity contribution >= 4 is 46.0 Å². The van der Waals surface area contributed by atoms with Gasteiger partial charge in [-0.05, 0) is 39.0 Å². The number of anilines is 1. The molecular formula is C18H20ClN5O2S. The number of benzene rings is 1. The Bertz CT molecular complexity index is 1060. The van der Waals surface area contributed by atoms with Crippen LogP contribution in [0.5, 0.6) is 0 Å². The topological polar surface area (TPSA) is 81.8 Å². The summed E-state index contributed by atoms with van der Waals surface area (Å²) in [4.78, 5) is 29.7. The Labute approximate surface area is 165 Å². The van der Waals surface area contributed by atoms with Crippen molar-refractivity contribution < 1.29 is 4.79 Å². The van der Waals surface area contributed by atoms with Crippen molar-refractivity contribution in [2.75, 3.05) is 11.1 Å². The van der Waals surface area contributed by atoms with E-state index in [2.05, 4.69) is 15.4 Å². The lowest BCUT2D eigenvalue weighted by atomic mass is 10.3. The number of nitrogens with zero attached hydrogens (tertiary/aromatic N) is 4. The number of nitrogens with one attached hydrogen (secondary N) is 1. The molecule has 0 aliphatic carbocycles. The van der Waals surface area contributed by atoms with Gasteiger partial charge in [0.05, 0.1) is 11.4 Å². The van der Waals surface area contributed by atoms with Crippen LogP contribution in [0.15, 0.2) is 34.2 Å².